The van der Waals surface area contributed by atoms with Crippen LogP contribution in [0.25, 0.3) is 11.3 Å². The molecule has 0 spiro atoms. The van der Waals surface area contributed by atoms with E-state index in [1.165, 1.54) is 6.20 Å². The van der Waals surface area contributed by atoms with Crippen molar-refractivity contribution in [2.24, 2.45) is 0 Å². The number of nitrogens with zero attached hydrogens (tertiary/aromatic N) is 3. The number of aromatic nitrogens is 3. The van der Waals surface area contributed by atoms with E-state index in [0.29, 0.717) is 17.1 Å². The molecule has 2 N–H and O–H groups in total. The van der Waals surface area contributed by atoms with E-state index in [-0.39, 0.29) is 17.3 Å². The van der Waals surface area contributed by atoms with Crippen LogP contribution in [0.4, 0.5) is 5.82 Å². The van der Waals surface area contributed by atoms with Crippen LogP contribution in [0.15, 0.2) is 35.7 Å². The SMILES string of the molecule is CS(=O)(=O)c1ncc(-c2ccccn2)c(NC2CCC(O)CC2)n1. The molecule has 0 atom stereocenters. The molecule has 128 valence electrons. The standard InChI is InChI=1S/C16H20N4O3S/c1-24(22,23)16-18-10-13(14-4-2-3-9-17-14)15(20-16)19-11-5-7-12(21)8-6-11/h2-4,9-12,21H,5-8H2,1H3,(H,18,19,20). The van der Waals surface area contributed by atoms with Gasteiger partial charge >= 0.3 is 0 Å². The van der Waals surface area contributed by atoms with Crippen LogP contribution in [0.1, 0.15) is 25.7 Å². The van der Waals surface area contributed by atoms with Gasteiger partial charge in [0.2, 0.25) is 15.0 Å². The fraction of sp³-hybridized carbons (Fsp3) is 0.438. The highest BCUT2D eigenvalue weighted by Gasteiger charge is 2.22. The molecule has 0 saturated heterocycles. The molecule has 0 aliphatic heterocycles. The molecular weight excluding hydrogens is 328 g/mol. The van der Waals surface area contributed by atoms with Crippen molar-refractivity contribution in [3.05, 3.63) is 30.6 Å². The third-order valence-electron chi connectivity index (χ3n) is 4.08. The second kappa shape index (κ2) is 6.82. The van der Waals surface area contributed by atoms with Crippen molar-refractivity contribution in [3.63, 3.8) is 0 Å². The fourth-order valence-electron chi connectivity index (χ4n) is 2.78. The Morgan fingerprint density at radius 1 is 1.17 bits per heavy atom. The highest BCUT2D eigenvalue weighted by Crippen LogP contribution is 2.28. The van der Waals surface area contributed by atoms with Crippen molar-refractivity contribution < 1.29 is 13.5 Å². The summed E-state index contributed by atoms with van der Waals surface area (Å²) >= 11 is 0. The second-order valence-electron chi connectivity index (χ2n) is 6.05. The molecule has 2 aromatic heterocycles. The van der Waals surface area contributed by atoms with Gasteiger partial charge in [0.25, 0.3) is 0 Å². The Balaban J connectivity index is 1.96. The summed E-state index contributed by atoms with van der Waals surface area (Å²) in [5, 5.41) is 12.7. The van der Waals surface area contributed by atoms with Crippen molar-refractivity contribution in [2.75, 3.05) is 11.6 Å². The highest BCUT2D eigenvalue weighted by molar-refractivity contribution is 7.90. The van der Waals surface area contributed by atoms with Gasteiger partial charge in [-0.2, -0.15) is 0 Å². The Kier molecular flexibility index (Phi) is 4.77. The highest BCUT2D eigenvalue weighted by atomic mass is 32.2. The molecule has 0 amide bonds. The molecule has 1 aliphatic carbocycles. The third kappa shape index (κ3) is 3.88. The van der Waals surface area contributed by atoms with Crippen LogP contribution >= 0.6 is 0 Å². The van der Waals surface area contributed by atoms with Gasteiger partial charge < -0.3 is 10.4 Å². The number of hydrogen-bond donors (Lipinski definition) is 2. The lowest BCUT2D eigenvalue weighted by atomic mass is 9.93. The first-order valence-electron chi connectivity index (χ1n) is 7.86. The molecular formula is C16H20N4O3S. The fourth-order valence-corrected chi connectivity index (χ4v) is 3.28. The third-order valence-corrected chi connectivity index (χ3v) is 4.94. The van der Waals surface area contributed by atoms with Crippen LogP contribution in [-0.4, -0.2) is 46.9 Å². The van der Waals surface area contributed by atoms with Crippen LogP contribution in [0.2, 0.25) is 0 Å². The number of sulfone groups is 1. The van der Waals surface area contributed by atoms with E-state index in [0.717, 1.165) is 31.9 Å². The second-order valence-corrected chi connectivity index (χ2v) is 7.96. The van der Waals surface area contributed by atoms with Crippen molar-refractivity contribution in [1.29, 1.82) is 0 Å². The summed E-state index contributed by atoms with van der Waals surface area (Å²) in [4.78, 5) is 12.5. The predicted octanol–water partition coefficient (Wildman–Crippen LogP) is 1.66. The summed E-state index contributed by atoms with van der Waals surface area (Å²) < 4.78 is 23.5. The number of rotatable bonds is 4. The zero-order valence-electron chi connectivity index (χ0n) is 13.4. The van der Waals surface area contributed by atoms with Gasteiger partial charge in [-0.3, -0.25) is 4.98 Å². The maximum absolute atomic E-state index is 11.8. The molecule has 1 saturated carbocycles. The van der Waals surface area contributed by atoms with Crippen molar-refractivity contribution in [3.8, 4) is 11.3 Å². The van der Waals surface area contributed by atoms with Gasteiger partial charge in [0, 0.05) is 24.7 Å². The number of aliphatic hydroxyl groups excluding tert-OH is 1. The summed E-state index contributed by atoms with van der Waals surface area (Å²) in [7, 11) is -3.50. The van der Waals surface area contributed by atoms with Gasteiger partial charge in [0.15, 0.2) is 0 Å². The summed E-state index contributed by atoms with van der Waals surface area (Å²) in [6, 6.07) is 5.63. The molecule has 0 radical (unpaired) electrons. The lowest BCUT2D eigenvalue weighted by Crippen LogP contribution is -2.29. The first kappa shape index (κ1) is 16.8. The Morgan fingerprint density at radius 3 is 2.54 bits per heavy atom. The molecule has 0 aromatic carbocycles. The number of aliphatic hydroxyl groups is 1. The van der Waals surface area contributed by atoms with Crippen LogP contribution in [-0.2, 0) is 9.84 Å². The molecule has 2 aromatic rings. The van der Waals surface area contributed by atoms with Gasteiger partial charge in [-0.25, -0.2) is 18.4 Å². The minimum absolute atomic E-state index is 0.137. The Morgan fingerprint density at radius 2 is 1.92 bits per heavy atom. The summed E-state index contributed by atoms with van der Waals surface area (Å²) in [5.41, 5.74) is 1.34. The maximum Gasteiger partial charge on any atom is 0.248 e. The van der Waals surface area contributed by atoms with E-state index in [9.17, 15) is 13.5 Å². The van der Waals surface area contributed by atoms with Gasteiger partial charge in [-0.1, -0.05) is 6.07 Å². The van der Waals surface area contributed by atoms with Crippen LogP contribution in [0, 0.1) is 0 Å². The molecule has 3 rings (SSSR count). The average molecular weight is 348 g/mol. The van der Waals surface area contributed by atoms with Crippen molar-refractivity contribution in [1.82, 2.24) is 15.0 Å². The molecule has 0 bridgehead atoms. The molecule has 24 heavy (non-hydrogen) atoms. The van der Waals surface area contributed by atoms with E-state index in [2.05, 4.69) is 20.3 Å². The van der Waals surface area contributed by atoms with Crippen LogP contribution in [0.5, 0.6) is 0 Å². The maximum atomic E-state index is 11.8. The Labute approximate surface area is 141 Å². The molecule has 0 unspecified atom stereocenters. The quantitative estimate of drug-likeness (QED) is 0.810. The molecule has 1 fully saturated rings. The van der Waals surface area contributed by atoms with E-state index in [4.69, 9.17) is 0 Å². The van der Waals surface area contributed by atoms with Gasteiger partial charge in [-0.15, -0.1) is 0 Å². The van der Waals surface area contributed by atoms with Gasteiger partial charge in [-0.05, 0) is 37.8 Å². The normalized spacial score (nSPS) is 21.4. The lowest BCUT2D eigenvalue weighted by Gasteiger charge is -2.27. The number of nitrogens with one attached hydrogen (secondary N) is 1. The lowest BCUT2D eigenvalue weighted by molar-refractivity contribution is 0.126. The number of anilines is 1. The van der Waals surface area contributed by atoms with Crippen molar-refractivity contribution >= 4 is 15.7 Å². The van der Waals surface area contributed by atoms with Crippen molar-refractivity contribution in [2.45, 2.75) is 43.0 Å². The minimum Gasteiger partial charge on any atom is -0.393 e. The summed E-state index contributed by atoms with van der Waals surface area (Å²) in [6.07, 6.45) is 7.05. The minimum atomic E-state index is -3.50. The topological polar surface area (TPSA) is 105 Å². The Bertz CT molecular complexity index is 803. The average Bonchev–Trinajstić information content (AvgIpc) is 2.57. The van der Waals surface area contributed by atoms with E-state index in [1.54, 1.807) is 6.20 Å². The van der Waals surface area contributed by atoms with Gasteiger partial charge in [0.1, 0.15) is 5.82 Å². The smallest absolute Gasteiger partial charge is 0.248 e. The largest absolute Gasteiger partial charge is 0.393 e. The first-order valence-corrected chi connectivity index (χ1v) is 9.76. The molecule has 2 heterocycles. The summed E-state index contributed by atoms with van der Waals surface area (Å²) in [6.45, 7) is 0. The Hall–Kier alpha value is -2.06. The zero-order valence-corrected chi connectivity index (χ0v) is 14.2. The van der Waals surface area contributed by atoms with Crippen LogP contribution in [0.3, 0.4) is 0 Å². The number of pyridine rings is 1. The monoisotopic (exact) mass is 348 g/mol. The molecule has 7 nitrogen and oxygen atoms in total. The molecule has 1 aliphatic rings. The summed E-state index contributed by atoms with van der Waals surface area (Å²) in [5.74, 6) is 0.463. The van der Waals surface area contributed by atoms with E-state index in [1.807, 2.05) is 18.2 Å². The molecule has 8 heteroatoms. The van der Waals surface area contributed by atoms with E-state index < -0.39 is 9.84 Å². The van der Waals surface area contributed by atoms with Crippen LogP contribution < -0.4 is 5.32 Å². The van der Waals surface area contributed by atoms with E-state index >= 15 is 0 Å². The van der Waals surface area contributed by atoms with Gasteiger partial charge in [0.05, 0.1) is 17.4 Å². The zero-order chi connectivity index (χ0) is 17.2. The number of hydrogen-bond acceptors (Lipinski definition) is 7. The first-order chi connectivity index (χ1) is 11.4. The predicted molar refractivity (Wildman–Crippen MR) is 90.3 cm³/mol.